The van der Waals surface area contributed by atoms with Gasteiger partial charge in [-0.2, -0.15) is 8.75 Å². The minimum Gasteiger partial charge on any atom is -0.338 e. The minimum absolute atomic E-state index is 0.0187. The molecule has 1 saturated heterocycles. The average Bonchev–Trinajstić information content (AvgIpc) is 3.27. The van der Waals surface area contributed by atoms with Crippen molar-refractivity contribution in [2.75, 3.05) is 17.8 Å². The largest absolute Gasteiger partial charge is 0.338 e. The highest BCUT2D eigenvalue weighted by Gasteiger charge is 2.34. The maximum Gasteiger partial charge on any atom is 0.264 e. The normalized spacial score (nSPS) is 21.3. The molecule has 2 fully saturated rings. The molecule has 7 nitrogen and oxygen atoms in total. The smallest absolute Gasteiger partial charge is 0.264 e. The monoisotopic (exact) mass is 490 g/mol. The van der Waals surface area contributed by atoms with Crippen molar-refractivity contribution in [3.63, 3.8) is 0 Å². The second kappa shape index (κ2) is 8.61. The van der Waals surface area contributed by atoms with E-state index in [1.807, 2.05) is 4.90 Å². The van der Waals surface area contributed by atoms with Gasteiger partial charge in [-0.3, -0.25) is 9.52 Å². The highest BCUT2D eigenvalue weighted by atomic mass is 35.5. The Morgan fingerprint density at radius 2 is 1.91 bits per heavy atom. The summed E-state index contributed by atoms with van der Waals surface area (Å²) in [5.41, 5.74) is 1.29. The molecule has 5 rings (SSSR count). The summed E-state index contributed by atoms with van der Waals surface area (Å²) in [6.45, 7) is 1.42. The third-order valence-electron chi connectivity index (χ3n) is 6.57. The molecule has 3 aromatic rings. The number of piperidine rings is 1. The molecular weight excluding hydrogens is 468 g/mol. The van der Waals surface area contributed by atoms with E-state index in [0.29, 0.717) is 40.0 Å². The van der Waals surface area contributed by atoms with Gasteiger partial charge in [-0.1, -0.05) is 36.9 Å². The van der Waals surface area contributed by atoms with Crippen molar-refractivity contribution in [1.82, 2.24) is 13.6 Å². The van der Waals surface area contributed by atoms with Crippen LogP contribution >= 0.6 is 23.3 Å². The van der Waals surface area contributed by atoms with Crippen LogP contribution in [0.15, 0.2) is 41.3 Å². The van der Waals surface area contributed by atoms with Gasteiger partial charge in [0.1, 0.15) is 15.9 Å². The number of carbonyl (C=O) groups is 1. The second-order valence-electron chi connectivity index (χ2n) is 8.53. The van der Waals surface area contributed by atoms with E-state index in [1.165, 1.54) is 31.4 Å². The number of amides is 1. The van der Waals surface area contributed by atoms with Crippen LogP contribution in [-0.4, -0.2) is 41.1 Å². The van der Waals surface area contributed by atoms with Gasteiger partial charge in [0.15, 0.2) is 0 Å². The molecule has 2 unspecified atom stereocenters. The van der Waals surface area contributed by atoms with E-state index in [4.69, 9.17) is 11.6 Å². The van der Waals surface area contributed by atoms with Crippen LogP contribution in [-0.2, 0) is 10.0 Å². The zero-order valence-electron chi connectivity index (χ0n) is 17.3. The summed E-state index contributed by atoms with van der Waals surface area (Å²) in [5.74, 6) is 1.06. The van der Waals surface area contributed by atoms with Crippen LogP contribution < -0.4 is 4.72 Å². The molecule has 0 bridgehead atoms. The Bertz CT molecular complexity index is 1280. The fourth-order valence-corrected chi connectivity index (χ4v) is 6.95. The molecule has 2 aromatic carbocycles. The number of nitrogens with zero attached hydrogens (tertiary/aromatic N) is 3. The molecular formula is C22H23ClN4O3S2. The molecule has 0 radical (unpaired) electrons. The lowest BCUT2D eigenvalue weighted by Gasteiger charge is -2.41. The third kappa shape index (κ3) is 4.09. The number of anilines is 1. The molecule has 10 heteroatoms. The number of nitrogens with one attached hydrogen (secondary N) is 1. The summed E-state index contributed by atoms with van der Waals surface area (Å²) in [7, 11) is -4.01. The quantitative estimate of drug-likeness (QED) is 0.567. The number of likely N-dealkylation sites (tertiary alicyclic amines) is 1. The Balaban J connectivity index is 1.45. The van der Waals surface area contributed by atoms with E-state index in [-0.39, 0.29) is 16.5 Å². The van der Waals surface area contributed by atoms with Crippen molar-refractivity contribution in [3.8, 4) is 0 Å². The van der Waals surface area contributed by atoms with Crippen molar-refractivity contribution in [2.45, 2.75) is 37.0 Å². The van der Waals surface area contributed by atoms with E-state index in [0.717, 1.165) is 31.1 Å². The van der Waals surface area contributed by atoms with E-state index in [1.54, 1.807) is 24.3 Å². The number of hydrogen-bond acceptors (Lipinski definition) is 6. The van der Waals surface area contributed by atoms with Crippen LogP contribution in [0.4, 0.5) is 5.69 Å². The van der Waals surface area contributed by atoms with Crippen molar-refractivity contribution in [1.29, 1.82) is 0 Å². The highest BCUT2D eigenvalue weighted by Crippen LogP contribution is 2.37. The first-order valence-electron chi connectivity index (χ1n) is 10.8. The molecule has 2 aliphatic rings. The minimum atomic E-state index is -4.01. The fraction of sp³-hybridized carbons (Fsp3) is 0.409. The topological polar surface area (TPSA) is 92.3 Å². The van der Waals surface area contributed by atoms with Gasteiger partial charge in [-0.05, 0) is 55.0 Å². The highest BCUT2D eigenvalue weighted by molar-refractivity contribution is 7.93. The number of benzene rings is 2. The van der Waals surface area contributed by atoms with Crippen molar-refractivity contribution in [2.24, 2.45) is 11.8 Å². The first kappa shape index (κ1) is 21.6. The summed E-state index contributed by atoms with van der Waals surface area (Å²) >= 11 is 7.12. The van der Waals surface area contributed by atoms with Gasteiger partial charge in [-0.25, -0.2) is 8.42 Å². The number of hydrogen-bond donors (Lipinski definition) is 1. The Morgan fingerprint density at radius 1 is 1.09 bits per heavy atom. The molecule has 1 aliphatic heterocycles. The van der Waals surface area contributed by atoms with E-state index < -0.39 is 10.0 Å². The Morgan fingerprint density at radius 3 is 2.75 bits per heavy atom. The SMILES string of the molecule is O=C(c1ccc(Cl)cc1NS(=O)(=O)c1cccc2nsnc12)N1CCC2CCCCC2C1. The van der Waals surface area contributed by atoms with Gasteiger partial charge in [-0.15, -0.1) is 0 Å². The Kier molecular flexibility index (Phi) is 5.81. The first-order chi connectivity index (χ1) is 15.4. The molecule has 168 valence electrons. The van der Waals surface area contributed by atoms with Crippen molar-refractivity contribution in [3.05, 3.63) is 47.0 Å². The van der Waals surface area contributed by atoms with Gasteiger partial charge in [0.2, 0.25) is 0 Å². The predicted octanol–water partition coefficient (Wildman–Crippen LogP) is 4.80. The average molecular weight is 491 g/mol. The predicted molar refractivity (Wildman–Crippen MR) is 126 cm³/mol. The molecule has 1 aromatic heterocycles. The van der Waals surface area contributed by atoms with Crippen LogP contribution in [0.25, 0.3) is 11.0 Å². The number of rotatable bonds is 4. The first-order valence-corrected chi connectivity index (χ1v) is 13.3. The number of halogens is 1. The van der Waals surface area contributed by atoms with Crippen LogP contribution in [0.2, 0.25) is 5.02 Å². The van der Waals surface area contributed by atoms with E-state index >= 15 is 0 Å². The van der Waals surface area contributed by atoms with Crippen LogP contribution in [0.5, 0.6) is 0 Å². The van der Waals surface area contributed by atoms with Crippen molar-refractivity contribution < 1.29 is 13.2 Å². The van der Waals surface area contributed by atoms with Gasteiger partial charge < -0.3 is 4.90 Å². The number of carbonyl (C=O) groups excluding carboxylic acids is 1. The van der Waals surface area contributed by atoms with Crippen molar-refractivity contribution >= 4 is 56.0 Å². The summed E-state index contributed by atoms with van der Waals surface area (Å²) in [5, 5.41) is 0.346. The van der Waals surface area contributed by atoms with Gasteiger partial charge in [0.05, 0.1) is 23.0 Å². The Hall–Kier alpha value is -2.23. The molecule has 2 atom stereocenters. The van der Waals surface area contributed by atoms with Gasteiger partial charge in [0.25, 0.3) is 15.9 Å². The number of aromatic nitrogens is 2. The van der Waals surface area contributed by atoms with Crippen LogP contribution in [0, 0.1) is 11.8 Å². The molecule has 1 saturated carbocycles. The zero-order valence-corrected chi connectivity index (χ0v) is 19.7. The second-order valence-corrected chi connectivity index (χ2v) is 11.1. The molecule has 1 amide bonds. The molecule has 1 aliphatic carbocycles. The molecule has 2 heterocycles. The zero-order chi connectivity index (χ0) is 22.3. The summed E-state index contributed by atoms with van der Waals surface area (Å²) < 4.78 is 37.3. The van der Waals surface area contributed by atoms with Crippen LogP contribution in [0.1, 0.15) is 42.5 Å². The van der Waals surface area contributed by atoms with Gasteiger partial charge in [0, 0.05) is 18.1 Å². The maximum absolute atomic E-state index is 13.4. The fourth-order valence-electron chi connectivity index (χ4n) is 4.94. The molecule has 32 heavy (non-hydrogen) atoms. The Labute approximate surface area is 196 Å². The number of sulfonamides is 1. The standard InChI is InChI=1S/C22H23ClN4O3S2/c23-16-8-9-17(22(28)27-11-10-14-4-1-2-5-15(14)13-27)19(12-16)26-32(29,30)20-7-3-6-18-21(20)25-31-24-18/h3,6-9,12,14-15,26H,1-2,4-5,10-11,13H2. The van der Waals surface area contributed by atoms with E-state index in [2.05, 4.69) is 13.5 Å². The number of fused-ring (bicyclic) bond motifs is 2. The maximum atomic E-state index is 13.4. The lowest BCUT2D eigenvalue weighted by atomic mass is 9.75. The van der Waals surface area contributed by atoms with Gasteiger partial charge >= 0.3 is 0 Å². The lowest BCUT2D eigenvalue weighted by Crippen LogP contribution is -2.45. The van der Waals surface area contributed by atoms with E-state index in [9.17, 15) is 13.2 Å². The summed E-state index contributed by atoms with van der Waals surface area (Å²) in [6, 6.07) is 9.51. The lowest BCUT2D eigenvalue weighted by molar-refractivity contribution is 0.0522. The molecule has 1 N–H and O–H groups in total. The van der Waals surface area contributed by atoms with Crippen LogP contribution in [0.3, 0.4) is 0 Å². The summed E-state index contributed by atoms with van der Waals surface area (Å²) in [4.78, 5) is 15.3. The molecule has 0 spiro atoms. The summed E-state index contributed by atoms with van der Waals surface area (Å²) in [6.07, 6.45) is 5.89. The third-order valence-corrected chi connectivity index (χ3v) is 8.75.